The van der Waals surface area contributed by atoms with E-state index in [1.807, 2.05) is 6.07 Å². The second-order valence-corrected chi connectivity index (χ2v) is 5.94. The van der Waals surface area contributed by atoms with E-state index in [1.54, 1.807) is 17.0 Å². The van der Waals surface area contributed by atoms with Gasteiger partial charge in [-0.25, -0.2) is 4.39 Å². The maximum Gasteiger partial charge on any atom is 0.226 e. The molecule has 2 heterocycles. The van der Waals surface area contributed by atoms with E-state index >= 15 is 0 Å². The number of halogens is 1. The average Bonchev–Trinajstić information content (AvgIpc) is 2.43. The number of piperidine rings is 1. The summed E-state index contributed by atoms with van der Waals surface area (Å²) in [4.78, 5) is 25.4. The van der Waals surface area contributed by atoms with Crippen molar-refractivity contribution in [3.05, 3.63) is 35.6 Å². The van der Waals surface area contributed by atoms with Crippen LogP contribution < -0.4 is 5.32 Å². The van der Waals surface area contributed by atoms with Gasteiger partial charge in [0.1, 0.15) is 5.82 Å². The summed E-state index contributed by atoms with van der Waals surface area (Å²) in [5, 5.41) is 2.74. The molecule has 21 heavy (non-hydrogen) atoms. The summed E-state index contributed by atoms with van der Waals surface area (Å²) in [6.07, 6.45) is 1.69. The third kappa shape index (κ3) is 3.06. The van der Waals surface area contributed by atoms with Gasteiger partial charge in [-0.05, 0) is 30.4 Å². The Kier molecular flexibility index (Phi) is 3.90. The Balaban J connectivity index is 1.50. The lowest BCUT2D eigenvalue weighted by molar-refractivity contribution is -0.145. The molecule has 5 heteroatoms. The molecule has 0 saturated carbocycles. The van der Waals surface area contributed by atoms with Gasteiger partial charge in [0.05, 0.1) is 0 Å². The van der Waals surface area contributed by atoms with Crippen molar-refractivity contribution in [1.29, 1.82) is 0 Å². The molecule has 1 atom stereocenters. The first kappa shape index (κ1) is 14.0. The fraction of sp³-hybridized carbons (Fsp3) is 0.500. The molecule has 1 N–H and O–H groups in total. The predicted molar refractivity (Wildman–Crippen MR) is 75.9 cm³/mol. The fourth-order valence-electron chi connectivity index (χ4n) is 3.11. The number of hydrogen-bond donors (Lipinski definition) is 1. The number of hydrogen-bond acceptors (Lipinski definition) is 2. The van der Waals surface area contributed by atoms with Crippen LogP contribution in [0.2, 0.25) is 0 Å². The lowest BCUT2D eigenvalue weighted by Gasteiger charge is -2.41. The van der Waals surface area contributed by atoms with Gasteiger partial charge >= 0.3 is 0 Å². The number of nitrogens with one attached hydrogen (secondary N) is 1. The van der Waals surface area contributed by atoms with Gasteiger partial charge in [-0.3, -0.25) is 9.59 Å². The van der Waals surface area contributed by atoms with Crippen molar-refractivity contribution in [3.8, 4) is 0 Å². The molecule has 0 bridgehead atoms. The van der Waals surface area contributed by atoms with E-state index in [-0.39, 0.29) is 23.5 Å². The van der Waals surface area contributed by atoms with Crippen molar-refractivity contribution in [1.82, 2.24) is 10.2 Å². The first-order valence-electron chi connectivity index (χ1n) is 7.42. The summed E-state index contributed by atoms with van der Waals surface area (Å²) in [5.74, 6) is 0.0142. The molecule has 0 spiro atoms. The third-order valence-electron chi connectivity index (χ3n) is 4.33. The zero-order valence-corrected chi connectivity index (χ0v) is 11.8. The number of nitrogens with zero attached hydrogens (tertiary/aromatic N) is 1. The molecule has 112 valence electrons. The summed E-state index contributed by atoms with van der Waals surface area (Å²) < 4.78 is 13.6. The van der Waals surface area contributed by atoms with Crippen LogP contribution in [-0.2, 0) is 16.0 Å². The SMILES string of the molecule is O=C1CC(C(=O)N2CC(Cc3ccccc3F)C2)CCN1. The third-order valence-corrected chi connectivity index (χ3v) is 4.33. The Morgan fingerprint density at radius 3 is 2.81 bits per heavy atom. The van der Waals surface area contributed by atoms with E-state index in [1.165, 1.54) is 6.07 Å². The molecule has 1 aromatic carbocycles. The Morgan fingerprint density at radius 1 is 1.33 bits per heavy atom. The van der Waals surface area contributed by atoms with Gasteiger partial charge in [0.15, 0.2) is 0 Å². The lowest BCUT2D eigenvalue weighted by Crippen LogP contribution is -2.54. The van der Waals surface area contributed by atoms with Crippen molar-refractivity contribution in [2.45, 2.75) is 19.3 Å². The van der Waals surface area contributed by atoms with Crippen LogP contribution in [0.5, 0.6) is 0 Å². The molecular formula is C16H19FN2O2. The predicted octanol–water partition coefficient (Wildman–Crippen LogP) is 1.35. The zero-order chi connectivity index (χ0) is 14.8. The summed E-state index contributed by atoms with van der Waals surface area (Å²) in [6.45, 7) is 1.93. The van der Waals surface area contributed by atoms with Crippen LogP contribution in [0.4, 0.5) is 4.39 Å². The highest BCUT2D eigenvalue weighted by Crippen LogP contribution is 2.25. The standard InChI is InChI=1S/C16H19FN2O2/c17-14-4-2-1-3-12(14)7-11-9-19(10-11)16(21)13-5-6-18-15(20)8-13/h1-4,11,13H,5-10H2,(H,18,20). The van der Waals surface area contributed by atoms with Gasteiger partial charge in [0.2, 0.25) is 11.8 Å². The molecule has 2 saturated heterocycles. The smallest absolute Gasteiger partial charge is 0.226 e. The number of likely N-dealkylation sites (tertiary alicyclic amines) is 1. The minimum atomic E-state index is -0.175. The highest BCUT2D eigenvalue weighted by Gasteiger charge is 2.36. The van der Waals surface area contributed by atoms with E-state index in [0.29, 0.717) is 44.0 Å². The molecule has 1 unspecified atom stereocenters. The summed E-state index contributed by atoms with van der Waals surface area (Å²) in [5.41, 5.74) is 0.714. The Hall–Kier alpha value is -1.91. The van der Waals surface area contributed by atoms with Crippen molar-refractivity contribution < 1.29 is 14.0 Å². The van der Waals surface area contributed by atoms with Gasteiger partial charge in [-0.1, -0.05) is 18.2 Å². The first-order chi connectivity index (χ1) is 10.1. The highest BCUT2D eigenvalue weighted by atomic mass is 19.1. The van der Waals surface area contributed by atoms with Crippen LogP contribution in [0.15, 0.2) is 24.3 Å². The van der Waals surface area contributed by atoms with E-state index in [9.17, 15) is 14.0 Å². The van der Waals surface area contributed by atoms with Gasteiger partial charge in [-0.2, -0.15) is 0 Å². The van der Waals surface area contributed by atoms with Gasteiger partial charge in [0.25, 0.3) is 0 Å². The van der Waals surface area contributed by atoms with E-state index < -0.39 is 0 Å². The first-order valence-corrected chi connectivity index (χ1v) is 7.42. The van der Waals surface area contributed by atoms with Crippen molar-refractivity contribution in [2.24, 2.45) is 11.8 Å². The summed E-state index contributed by atoms with van der Waals surface area (Å²) in [6, 6.07) is 6.78. The second-order valence-electron chi connectivity index (χ2n) is 5.94. The quantitative estimate of drug-likeness (QED) is 0.913. The van der Waals surface area contributed by atoms with Crippen LogP contribution in [0, 0.1) is 17.7 Å². The molecule has 2 fully saturated rings. The van der Waals surface area contributed by atoms with Gasteiger partial charge in [-0.15, -0.1) is 0 Å². The Morgan fingerprint density at radius 2 is 2.10 bits per heavy atom. The van der Waals surface area contributed by atoms with E-state index in [4.69, 9.17) is 0 Å². The summed E-state index contributed by atoms with van der Waals surface area (Å²) in [7, 11) is 0. The largest absolute Gasteiger partial charge is 0.356 e. The molecule has 1 aromatic rings. The molecule has 0 aromatic heterocycles. The zero-order valence-electron chi connectivity index (χ0n) is 11.8. The number of amides is 2. The molecule has 0 radical (unpaired) electrons. The lowest BCUT2D eigenvalue weighted by atomic mass is 9.88. The van der Waals surface area contributed by atoms with Gasteiger partial charge in [0, 0.05) is 32.0 Å². The highest BCUT2D eigenvalue weighted by molar-refractivity contribution is 5.87. The summed E-state index contributed by atoms with van der Waals surface area (Å²) >= 11 is 0. The number of carbonyl (C=O) groups is 2. The van der Waals surface area contributed by atoms with Crippen LogP contribution in [0.25, 0.3) is 0 Å². The fourth-order valence-corrected chi connectivity index (χ4v) is 3.11. The molecular weight excluding hydrogens is 271 g/mol. The molecule has 2 amide bonds. The van der Waals surface area contributed by atoms with Crippen LogP contribution >= 0.6 is 0 Å². The number of rotatable bonds is 3. The molecule has 2 aliphatic heterocycles. The van der Waals surface area contributed by atoms with Crippen LogP contribution in [0.1, 0.15) is 18.4 Å². The van der Waals surface area contributed by atoms with Crippen molar-refractivity contribution in [2.75, 3.05) is 19.6 Å². The number of carbonyl (C=O) groups excluding carboxylic acids is 2. The van der Waals surface area contributed by atoms with E-state index in [0.717, 1.165) is 6.42 Å². The van der Waals surface area contributed by atoms with Crippen LogP contribution in [-0.4, -0.2) is 36.3 Å². The average molecular weight is 290 g/mol. The molecule has 0 aliphatic carbocycles. The van der Waals surface area contributed by atoms with Crippen LogP contribution in [0.3, 0.4) is 0 Å². The Labute approximate surface area is 123 Å². The minimum Gasteiger partial charge on any atom is -0.356 e. The van der Waals surface area contributed by atoms with Crippen molar-refractivity contribution >= 4 is 11.8 Å². The normalized spacial score (nSPS) is 22.6. The minimum absolute atomic E-state index is 0.0389. The molecule has 2 aliphatic rings. The monoisotopic (exact) mass is 290 g/mol. The Bertz CT molecular complexity index is 555. The van der Waals surface area contributed by atoms with E-state index in [2.05, 4.69) is 5.32 Å². The molecule has 3 rings (SSSR count). The van der Waals surface area contributed by atoms with Crippen molar-refractivity contribution in [3.63, 3.8) is 0 Å². The maximum atomic E-state index is 13.6. The topological polar surface area (TPSA) is 49.4 Å². The number of benzene rings is 1. The van der Waals surface area contributed by atoms with Gasteiger partial charge < -0.3 is 10.2 Å². The molecule has 4 nitrogen and oxygen atoms in total. The second kappa shape index (κ2) is 5.84. The maximum absolute atomic E-state index is 13.6.